The zero-order chi connectivity index (χ0) is 27.5. The molecular formula is C34H46ClN3O. The molecule has 2 aromatic carbocycles. The minimum Gasteiger partial charge on any atom is -0.351 e. The number of para-hydroxylation sites is 1. The molecule has 1 amide bonds. The number of halogens is 1. The normalized spacial score (nSPS) is 11.3. The number of hydrogen-bond donors (Lipinski definition) is 1. The lowest BCUT2D eigenvalue weighted by Crippen LogP contribution is -2.25. The molecule has 0 unspecified atom stereocenters. The van der Waals surface area contributed by atoms with Gasteiger partial charge in [-0.2, -0.15) is 5.10 Å². The van der Waals surface area contributed by atoms with Crippen LogP contribution in [0.3, 0.4) is 0 Å². The lowest BCUT2D eigenvalue weighted by molar-refractivity contribution is 0.0947. The Bertz CT molecular complexity index is 1110. The zero-order valence-electron chi connectivity index (χ0n) is 23.7. The first kappa shape index (κ1) is 30.7. The molecule has 3 aromatic rings. The molecule has 0 fully saturated rings. The summed E-state index contributed by atoms with van der Waals surface area (Å²) in [7, 11) is 0. The molecule has 0 saturated carbocycles. The third-order valence-electron chi connectivity index (χ3n) is 7.06. The largest absolute Gasteiger partial charge is 0.351 e. The lowest BCUT2D eigenvalue weighted by atomic mass is 10.1. The van der Waals surface area contributed by atoms with E-state index in [1.807, 2.05) is 65.3 Å². The molecule has 0 atom stereocenters. The first-order chi connectivity index (χ1) is 19.2. The predicted octanol–water partition coefficient (Wildman–Crippen LogP) is 9.96. The Morgan fingerprint density at radius 1 is 0.795 bits per heavy atom. The monoisotopic (exact) mass is 547 g/mol. The van der Waals surface area contributed by atoms with Gasteiger partial charge in [-0.3, -0.25) is 4.79 Å². The van der Waals surface area contributed by atoms with Crippen molar-refractivity contribution < 1.29 is 4.79 Å². The minimum atomic E-state index is -0.132. The maximum atomic E-state index is 12.9. The van der Waals surface area contributed by atoms with Crippen LogP contribution in [-0.2, 0) is 0 Å². The number of aromatic nitrogens is 2. The van der Waals surface area contributed by atoms with Crippen LogP contribution < -0.4 is 5.32 Å². The molecule has 0 bridgehead atoms. The molecule has 1 N–H and O–H groups in total. The van der Waals surface area contributed by atoms with Crippen molar-refractivity contribution >= 4 is 17.5 Å². The van der Waals surface area contributed by atoms with Crippen LogP contribution in [0.1, 0.15) is 107 Å². The molecule has 0 radical (unpaired) electrons. The molecule has 0 spiro atoms. The fourth-order valence-corrected chi connectivity index (χ4v) is 4.88. The van der Waals surface area contributed by atoms with Gasteiger partial charge in [0, 0.05) is 17.1 Å². The van der Waals surface area contributed by atoms with E-state index in [4.69, 9.17) is 11.6 Å². The second-order valence-corrected chi connectivity index (χ2v) is 10.8. The summed E-state index contributed by atoms with van der Waals surface area (Å²) in [4.78, 5) is 12.9. The van der Waals surface area contributed by atoms with E-state index in [1.165, 1.54) is 77.0 Å². The molecule has 210 valence electrons. The van der Waals surface area contributed by atoms with E-state index in [0.29, 0.717) is 17.3 Å². The van der Waals surface area contributed by atoms with Gasteiger partial charge in [-0.15, -0.1) is 0 Å². The number of nitrogens with zero attached hydrogens (tertiary/aromatic N) is 2. The average molecular weight is 548 g/mol. The summed E-state index contributed by atoms with van der Waals surface area (Å²) in [5.74, 6) is -0.132. The Balaban J connectivity index is 1.31. The topological polar surface area (TPSA) is 46.9 Å². The molecule has 1 heterocycles. The van der Waals surface area contributed by atoms with Crippen molar-refractivity contribution in [1.82, 2.24) is 15.1 Å². The van der Waals surface area contributed by atoms with Crippen LogP contribution in [0.15, 0.2) is 72.8 Å². The van der Waals surface area contributed by atoms with E-state index < -0.39 is 0 Å². The van der Waals surface area contributed by atoms with E-state index in [9.17, 15) is 4.79 Å². The van der Waals surface area contributed by atoms with E-state index in [2.05, 4.69) is 29.5 Å². The Labute approximate surface area is 240 Å². The van der Waals surface area contributed by atoms with Crippen LogP contribution in [-0.4, -0.2) is 22.2 Å². The van der Waals surface area contributed by atoms with Gasteiger partial charge in [0.1, 0.15) is 0 Å². The number of hydrogen-bond acceptors (Lipinski definition) is 2. The highest BCUT2D eigenvalue weighted by Gasteiger charge is 2.16. The fraction of sp³-hybridized carbons (Fsp3) is 0.471. The van der Waals surface area contributed by atoms with E-state index in [-0.39, 0.29) is 5.91 Å². The van der Waals surface area contributed by atoms with Gasteiger partial charge in [0.05, 0.1) is 11.4 Å². The molecule has 1 aromatic heterocycles. The number of nitrogens with one attached hydrogen (secondary N) is 1. The van der Waals surface area contributed by atoms with Crippen molar-refractivity contribution in [2.75, 3.05) is 6.54 Å². The van der Waals surface area contributed by atoms with Gasteiger partial charge in [-0.25, -0.2) is 4.68 Å². The van der Waals surface area contributed by atoms with Gasteiger partial charge < -0.3 is 5.32 Å². The highest BCUT2D eigenvalue weighted by molar-refractivity contribution is 6.30. The second-order valence-electron chi connectivity index (χ2n) is 10.4. The third kappa shape index (κ3) is 11.4. The third-order valence-corrected chi connectivity index (χ3v) is 7.31. The van der Waals surface area contributed by atoms with Crippen LogP contribution in [0.25, 0.3) is 16.9 Å². The number of amides is 1. The molecule has 0 aliphatic heterocycles. The van der Waals surface area contributed by atoms with Crippen LogP contribution in [0.2, 0.25) is 5.02 Å². The summed E-state index contributed by atoms with van der Waals surface area (Å²) >= 11 is 6.08. The van der Waals surface area contributed by atoms with Crippen molar-refractivity contribution in [2.45, 2.75) is 96.8 Å². The summed E-state index contributed by atoms with van der Waals surface area (Å²) in [6.07, 6.45) is 22.6. The van der Waals surface area contributed by atoms with Crippen molar-refractivity contribution in [3.63, 3.8) is 0 Å². The van der Waals surface area contributed by atoms with Crippen LogP contribution in [0.4, 0.5) is 0 Å². The first-order valence-corrected chi connectivity index (χ1v) is 15.4. The van der Waals surface area contributed by atoms with Crippen molar-refractivity contribution in [3.05, 3.63) is 83.5 Å². The van der Waals surface area contributed by atoms with Crippen LogP contribution in [0, 0.1) is 0 Å². The highest BCUT2D eigenvalue weighted by atomic mass is 35.5. The van der Waals surface area contributed by atoms with Crippen molar-refractivity contribution in [3.8, 4) is 16.9 Å². The Morgan fingerprint density at radius 3 is 2.03 bits per heavy atom. The van der Waals surface area contributed by atoms with E-state index in [1.54, 1.807) is 0 Å². The average Bonchev–Trinajstić information content (AvgIpc) is 3.41. The van der Waals surface area contributed by atoms with Gasteiger partial charge in [-0.05, 0) is 62.4 Å². The Kier molecular flexibility index (Phi) is 14.5. The molecule has 3 rings (SSSR count). The van der Waals surface area contributed by atoms with Gasteiger partial charge in [-0.1, -0.05) is 119 Å². The minimum absolute atomic E-state index is 0.132. The molecule has 0 saturated heterocycles. The summed E-state index contributed by atoms with van der Waals surface area (Å²) in [6.45, 7) is 2.95. The quantitative estimate of drug-likeness (QED) is 0.120. The van der Waals surface area contributed by atoms with Crippen LogP contribution in [0.5, 0.6) is 0 Å². The summed E-state index contributed by atoms with van der Waals surface area (Å²) in [5.41, 5.74) is 3.16. The molecule has 4 nitrogen and oxygen atoms in total. The summed E-state index contributed by atoms with van der Waals surface area (Å²) in [6, 6.07) is 19.3. The van der Waals surface area contributed by atoms with Crippen LogP contribution >= 0.6 is 11.6 Å². The van der Waals surface area contributed by atoms with Crippen molar-refractivity contribution in [1.29, 1.82) is 0 Å². The smallest absolute Gasteiger partial charge is 0.271 e. The summed E-state index contributed by atoms with van der Waals surface area (Å²) < 4.78 is 1.82. The van der Waals surface area contributed by atoms with Gasteiger partial charge in [0.25, 0.3) is 5.91 Å². The Hall–Kier alpha value is -2.85. The molecule has 5 heteroatoms. The molecule has 0 aliphatic carbocycles. The van der Waals surface area contributed by atoms with E-state index in [0.717, 1.165) is 29.8 Å². The second kappa shape index (κ2) is 18.4. The SMILES string of the molecule is CCCCCCCC/C=C\CCCCCCCCNC(=O)c1cc(-c2ccc(Cl)cc2)n(-c2ccccc2)n1. The van der Waals surface area contributed by atoms with E-state index >= 15 is 0 Å². The summed E-state index contributed by atoms with van der Waals surface area (Å²) in [5, 5.41) is 8.38. The Morgan fingerprint density at radius 2 is 1.38 bits per heavy atom. The maximum absolute atomic E-state index is 12.9. The number of carbonyl (C=O) groups excluding carboxylic acids is 1. The number of unbranched alkanes of at least 4 members (excludes halogenated alkanes) is 12. The standard InChI is InChI=1S/C34H46ClN3O/c1-2-3-4-5-6-7-8-9-10-11-12-13-14-15-16-20-27-36-34(39)32-28-33(29-23-25-30(35)26-24-29)38(37-32)31-21-18-17-19-22-31/h9-10,17-19,21-26,28H,2-8,11-16,20,27H2,1H3,(H,36,39)/b10-9-. The maximum Gasteiger partial charge on any atom is 0.271 e. The number of rotatable bonds is 19. The zero-order valence-corrected chi connectivity index (χ0v) is 24.5. The molecule has 39 heavy (non-hydrogen) atoms. The van der Waals surface area contributed by atoms with Gasteiger partial charge in [0.15, 0.2) is 5.69 Å². The predicted molar refractivity (Wildman–Crippen MR) is 166 cm³/mol. The highest BCUT2D eigenvalue weighted by Crippen LogP contribution is 2.25. The van der Waals surface area contributed by atoms with Gasteiger partial charge >= 0.3 is 0 Å². The molecule has 0 aliphatic rings. The molecular weight excluding hydrogens is 502 g/mol. The lowest BCUT2D eigenvalue weighted by Gasteiger charge is -2.07. The van der Waals surface area contributed by atoms with Crippen molar-refractivity contribution in [2.24, 2.45) is 0 Å². The number of allylic oxidation sites excluding steroid dienone is 2. The number of carbonyl (C=O) groups is 1. The number of benzene rings is 2. The first-order valence-electron chi connectivity index (χ1n) is 15.0. The van der Waals surface area contributed by atoms with Gasteiger partial charge in [0.2, 0.25) is 0 Å². The fourth-order valence-electron chi connectivity index (χ4n) is 4.75.